The number of benzene rings is 2. The normalized spacial score (nSPS) is 11.0. The van der Waals surface area contributed by atoms with E-state index in [1.807, 2.05) is 24.3 Å². The van der Waals surface area contributed by atoms with Gasteiger partial charge in [-0.3, -0.25) is 9.52 Å². The summed E-state index contributed by atoms with van der Waals surface area (Å²) < 4.78 is 30.8. The van der Waals surface area contributed by atoms with Crippen LogP contribution in [0.25, 0.3) is 0 Å². The van der Waals surface area contributed by atoms with Crippen LogP contribution in [-0.4, -0.2) is 33.7 Å². The van der Waals surface area contributed by atoms with Crippen LogP contribution in [0.1, 0.15) is 29.3 Å². The van der Waals surface area contributed by atoms with Crippen molar-refractivity contribution in [2.24, 2.45) is 0 Å². The van der Waals surface area contributed by atoms with Crippen molar-refractivity contribution in [1.82, 2.24) is 5.32 Å². The van der Waals surface area contributed by atoms with Crippen LogP contribution in [0.3, 0.4) is 0 Å². The molecule has 0 aliphatic rings. The molecule has 26 heavy (non-hydrogen) atoms. The summed E-state index contributed by atoms with van der Waals surface area (Å²) in [4.78, 5) is 12.2. The number of ether oxygens (including phenoxy) is 1. The molecule has 0 radical (unpaired) electrons. The molecule has 0 atom stereocenters. The van der Waals surface area contributed by atoms with Gasteiger partial charge in [-0.1, -0.05) is 18.2 Å². The van der Waals surface area contributed by atoms with Crippen LogP contribution >= 0.6 is 0 Å². The number of anilines is 1. The fourth-order valence-electron chi connectivity index (χ4n) is 2.43. The zero-order chi connectivity index (χ0) is 19.0. The second-order valence-corrected chi connectivity index (χ2v) is 7.77. The fraction of sp³-hybridized carbons (Fsp3) is 0.316. The number of carbonyl (C=O) groups excluding carboxylic acids is 1. The third kappa shape index (κ3) is 5.77. The lowest BCUT2D eigenvalue weighted by atomic mass is 10.1. The topological polar surface area (TPSA) is 84.5 Å². The van der Waals surface area contributed by atoms with Gasteiger partial charge < -0.3 is 10.1 Å². The van der Waals surface area contributed by atoms with Crippen molar-refractivity contribution >= 4 is 21.6 Å². The van der Waals surface area contributed by atoms with Crippen LogP contribution in [0, 0.1) is 0 Å². The SMILES string of the molecule is CCS(=O)(=O)Nc1ccc(C(=O)NCCCc2ccccc2OC)cc1. The monoisotopic (exact) mass is 376 g/mol. The average molecular weight is 376 g/mol. The first-order chi connectivity index (χ1) is 12.4. The molecule has 0 aromatic heterocycles. The lowest BCUT2D eigenvalue weighted by Gasteiger charge is -2.09. The van der Waals surface area contributed by atoms with Crippen LogP contribution in [0.5, 0.6) is 5.75 Å². The van der Waals surface area contributed by atoms with E-state index >= 15 is 0 Å². The Bertz CT molecular complexity index is 833. The van der Waals surface area contributed by atoms with E-state index in [0.717, 1.165) is 24.2 Å². The molecule has 0 spiro atoms. The Balaban J connectivity index is 1.82. The molecule has 0 aliphatic carbocycles. The largest absolute Gasteiger partial charge is 0.496 e. The number of amides is 1. The summed E-state index contributed by atoms with van der Waals surface area (Å²) in [5, 5.41) is 2.87. The predicted octanol–water partition coefficient (Wildman–Crippen LogP) is 2.82. The molecule has 6 nitrogen and oxygen atoms in total. The molecule has 2 aromatic carbocycles. The first-order valence-electron chi connectivity index (χ1n) is 8.46. The van der Waals surface area contributed by atoms with Gasteiger partial charge in [-0.15, -0.1) is 0 Å². The summed E-state index contributed by atoms with van der Waals surface area (Å²) in [6.45, 7) is 2.11. The summed E-state index contributed by atoms with van der Waals surface area (Å²) in [5.41, 5.74) is 2.04. The van der Waals surface area contributed by atoms with E-state index in [1.54, 1.807) is 38.3 Å². The molecule has 2 aromatic rings. The maximum Gasteiger partial charge on any atom is 0.251 e. The second-order valence-electron chi connectivity index (χ2n) is 5.75. The molecular weight excluding hydrogens is 352 g/mol. The molecule has 0 saturated heterocycles. The van der Waals surface area contributed by atoms with Gasteiger partial charge in [0.1, 0.15) is 5.75 Å². The Morgan fingerprint density at radius 1 is 1.08 bits per heavy atom. The van der Waals surface area contributed by atoms with Crippen molar-refractivity contribution in [3.63, 3.8) is 0 Å². The summed E-state index contributed by atoms with van der Waals surface area (Å²) in [5.74, 6) is 0.667. The zero-order valence-electron chi connectivity index (χ0n) is 15.0. The van der Waals surface area contributed by atoms with Crippen LogP contribution in [-0.2, 0) is 16.4 Å². The first kappa shape index (κ1) is 19.8. The van der Waals surface area contributed by atoms with Gasteiger partial charge in [0.15, 0.2) is 0 Å². The van der Waals surface area contributed by atoms with E-state index in [9.17, 15) is 13.2 Å². The Hall–Kier alpha value is -2.54. The van der Waals surface area contributed by atoms with Crippen LogP contribution < -0.4 is 14.8 Å². The van der Waals surface area contributed by atoms with Gasteiger partial charge in [0.05, 0.1) is 12.9 Å². The number of sulfonamides is 1. The van der Waals surface area contributed by atoms with E-state index in [2.05, 4.69) is 10.0 Å². The number of nitrogens with one attached hydrogen (secondary N) is 2. The standard InChI is InChI=1S/C19H24N2O4S/c1-3-26(23,24)21-17-12-10-16(11-13-17)19(22)20-14-6-8-15-7-4-5-9-18(15)25-2/h4-5,7,9-13,21H,3,6,8,14H2,1-2H3,(H,20,22). The molecule has 0 heterocycles. The maximum atomic E-state index is 12.2. The number of hydrogen-bond donors (Lipinski definition) is 2. The highest BCUT2D eigenvalue weighted by Gasteiger charge is 2.09. The average Bonchev–Trinajstić information content (AvgIpc) is 2.65. The Morgan fingerprint density at radius 2 is 1.77 bits per heavy atom. The molecular formula is C19H24N2O4S. The minimum absolute atomic E-state index is 0.00143. The van der Waals surface area contributed by atoms with E-state index in [0.29, 0.717) is 17.8 Å². The number of methoxy groups -OCH3 is 1. The van der Waals surface area contributed by atoms with Crippen molar-refractivity contribution in [2.45, 2.75) is 19.8 Å². The van der Waals surface area contributed by atoms with Crippen molar-refractivity contribution < 1.29 is 17.9 Å². The molecule has 7 heteroatoms. The molecule has 0 aliphatic heterocycles. The van der Waals surface area contributed by atoms with Gasteiger partial charge in [-0.05, 0) is 55.7 Å². The van der Waals surface area contributed by atoms with Crippen molar-refractivity contribution in [2.75, 3.05) is 24.1 Å². The molecule has 0 saturated carbocycles. The summed E-state index contributed by atoms with van der Waals surface area (Å²) in [6, 6.07) is 14.2. The lowest BCUT2D eigenvalue weighted by Crippen LogP contribution is -2.24. The van der Waals surface area contributed by atoms with Gasteiger partial charge in [-0.2, -0.15) is 0 Å². The minimum atomic E-state index is -3.32. The minimum Gasteiger partial charge on any atom is -0.496 e. The highest BCUT2D eigenvalue weighted by Crippen LogP contribution is 2.18. The van der Waals surface area contributed by atoms with E-state index in [-0.39, 0.29) is 11.7 Å². The number of aryl methyl sites for hydroxylation is 1. The van der Waals surface area contributed by atoms with Gasteiger partial charge in [0.2, 0.25) is 10.0 Å². The second kappa shape index (κ2) is 9.24. The van der Waals surface area contributed by atoms with Gasteiger partial charge in [-0.25, -0.2) is 8.42 Å². The Morgan fingerprint density at radius 3 is 2.42 bits per heavy atom. The van der Waals surface area contributed by atoms with E-state index in [4.69, 9.17) is 4.74 Å². The number of para-hydroxylation sites is 1. The van der Waals surface area contributed by atoms with Crippen LogP contribution in [0.4, 0.5) is 5.69 Å². The molecule has 1 amide bonds. The molecule has 2 N–H and O–H groups in total. The zero-order valence-corrected chi connectivity index (χ0v) is 15.8. The number of rotatable bonds is 9. The van der Waals surface area contributed by atoms with Crippen molar-refractivity contribution in [1.29, 1.82) is 0 Å². The summed E-state index contributed by atoms with van der Waals surface area (Å²) in [6.07, 6.45) is 1.60. The van der Waals surface area contributed by atoms with Crippen LogP contribution in [0.2, 0.25) is 0 Å². The Labute approximate surface area is 154 Å². The van der Waals surface area contributed by atoms with E-state index < -0.39 is 10.0 Å². The van der Waals surface area contributed by atoms with E-state index in [1.165, 1.54) is 0 Å². The molecule has 0 bridgehead atoms. The number of carbonyl (C=O) groups is 1. The van der Waals surface area contributed by atoms with Crippen molar-refractivity contribution in [3.05, 3.63) is 59.7 Å². The fourth-order valence-corrected chi connectivity index (χ4v) is 3.07. The quantitative estimate of drug-likeness (QED) is 0.659. The van der Waals surface area contributed by atoms with Gasteiger partial charge in [0.25, 0.3) is 5.91 Å². The third-order valence-electron chi connectivity index (χ3n) is 3.90. The predicted molar refractivity (Wildman–Crippen MR) is 103 cm³/mol. The maximum absolute atomic E-state index is 12.2. The first-order valence-corrected chi connectivity index (χ1v) is 10.1. The smallest absolute Gasteiger partial charge is 0.251 e. The summed E-state index contributed by atoms with van der Waals surface area (Å²) in [7, 11) is -1.67. The molecule has 2 rings (SSSR count). The molecule has 140 valence electrons. The summed E-state index contributed by atoms with van der Waals surface area (Å²) >= 11 is 0. The van der Waals surface area contributed by atoms with Gasteiger partial charge in [0, 0.05) is 17.8 Å². The number of hydrogen-bond acceptors (Lipinski definition) is 4. The van der Waals surface area contributed by atoms with Gasteiger partial charge >= 0.3 is 0 Å². The third-order valence-corrected chi connectivity index (χ3v) is 5.21. The molecule has 0 unspecified atom stereocenters. The Kier molecular flexibility index (Phi) is 7.03. The van der Waals surface area contributed by atoms with Crippen LogP contribution in [0.15, 0.2) is 48.5 Å². The lowest BCUT2D eigenvalue weighted by molar-refractivity contribution is 0.0953. The molecule has 0 fully saturated rings. The van der Waals surface area contributed by atoms with Crippen molar-refractivity contribution in [3.8, 4) is 5.75 Å². The highest BCUT2D eigenvalue weighted by molar-refractivity contribution is 7.92. The highest BCUT2D eigenvalue weighted by atomic mass is 32.2.